The van der Waals surface area contributed by atoms with Gasteiger partial charge in [0.05, 0.1) is 17.1 Å². The first-order valence-electron chi connectivity index (χ1n) is 8.05. The lowest BCUT2D eigenvalue weighted by Gasteiger charge is -2.26. The van der Waals surface area contributed by atoms with Gasteiger partial charge in [-0.05, 0) is 26.2 Å². The largest absolute Gasteiger partial charge is 0.477 e. The molecule has 1 aliphatic rings. The van der Waals surface area contributed by atoms with Crippen LogP contribution in [0.5, 0.6) is 0 Å². The summed E-state index contributed by atoms with van der Waals surface area (Å²) in [5.41, 5.74) is 0.403. The standard InChI is InChI=1S/C12H16N2O3S.2C2H6/c1-8-13-9(11(18-8)12(16)17)7-10(15)14-5-3-2-4-6-14;2*1-2/h2-7H2,1H3,(H,16,17);2*1-2H3. The predicted molar refractivity (Wildman–Crippen MR) is 90.6 cm³/mol. The number of hydrogen-bond acceptors (Lipinski definition) is 4. The lowest BCUT2D eigenvalue weighted by atomic mass is 10.1. The van der Waals surface area contributed by atoms with E-state index in [1.54, 1.807) is 6.92 Å². The van der Waals surface area contributed by atoms with Crippen LogP contribution in [0.4, 0.5) is 0 Å². The molecular weight excluding hydrogens is 300 g/mol. The lowest BCUT2D eigenvalue weighted by Crippen LogP contribution is -2.36. The van der Waals surface area contributed by atoms with Crippen molar-refractivity contribution in [1.29, 1.82) is 0 Å². The minimum Gasteiger partial charge on any atom is -0.477 e. The summed E-state index contributed by atoms with van der Waals surface area (Å²) in [6.07, 6.45) is 3.34. The maximum absolute atomic E-state index is 12.0. The van der Waals surface area contributed by atoms with Gasteiger partial charge in [0.2, 0.25) is 5.91 Å². The van der Waals surface area contributed by atoms with E-state index in [-0.39, 0.29) is 17.2 Å². The van der Waals surface area contributed by atoms with Gasteiger partial charge in [0.15, 0.2) is 0 Å². The number of thiazole rings is 1. The molecule has 0 atom stereocenters. The summed E-state index contributed by atoms with van der Waals surface area (Å²) in [6.45, 7) is 11.3. The Morgan fingerprint density at radius 1 is 1.14 bits per heavy atom. The van der Waals surface area contributed by atoms with Crippen molar-refractivity contribution in [3.05, 3.63) is 15.6 Å². The molecule has 0 aliphatic carbocycles. The van der Waals surface area contributed by atoms with Crippen LogP contribution >= 0.6 is 11.3 Å². The highest BCUT2D eigenvalue weighted by molar-refractivity contribution is 7.13. The fourth-order valence-electron chi connectivity index (χ4n) is 2.16. The van der Waals surface area contributed by atoms with Crippen LogP contribution < -0.4 is 0 Å². The summed E-state index contributed by atoms with van der Waals surface area (Å²) in [5, 5.41) is 9.74. The molecule has 1 fully saturated rings. The van der Waals surface area contributed by atoms with Crippen LogP contribution in [0.1, 0.15) is 67.3 Å². The first-order valence-corrected chi connectivity index (χ1v) is 8.87. The number of rotatable bonds is 3. The number of carboxylic acids is 1. The number of likely N-dealkylation sites (tertiary alicyclic amines) is 1. The van der Waals surface area contributed by atoms with Gasteiger partial charge >= 0.3 is 5.97 Å². The van der Waals surface area contributed by atoms with Crippen molar-refractivity contribution in [2.45, 2.75) is 60.3 Å². The minimum absolute atomic E-state index is 0.0116. The van der Waals surface area contributed by atoms with Crippen LogP contribution in [0.2, 0.25) is 0 Å². The van der Waals surface area contributed by atoms with Crippen LogP contribution in [-0.4, -0.2) is 40.0 Å². The molecule has 22 heavy (non-hydrogen) atoms. The summed E-state index contributed by atoms with van der Waals surface area (Å²) in [6, 6.07) is 0. The molecule has 1 aliphatic heterocycles. The number of hydrogen-bond donors (Lipinski definition) is 1. The molecule has 5 nitrogen and oxygen atoms in total. The normalized spacial score (nSPS) is 13.4. The Labute approximate surface area is 137 Å². The Bertz CT molecular complexity index is 466. The third kappa shape index (κ3) is 6.13. The van der Waals surface area contributed by atoms with Crippen LogP contribution in [-0.2, 0) is 11.2 Å². The van der Waals surface area contributed by atoms with Gasteiger partial charge in [-0.1, -0.05) is 27.7 Å². The molecule has 1 saturated heterocycles. The zero-order valence-corrected chi connectivity index (χ0v) is 15.1. The van der Waals surface area contributed by atoms with Gasteiger partial charge in [0, 0.05) is 13.1 Å². The molecule has 2 heterocycles. The lowest BCUT2D eigenvalue weighted by molar-refractivity contribution is -0.131. The Hall–Kier alpha value is -1.43. The molecule has 0 bridgehead atoms. The Balaban J connectivity index is 0.00000102. The summed E-state index contributed by atoms with van der Waals surface area (Å²) in [5.74, 6) is -1.01. The summed E-state index contributed by atoms with van der Waals surface area (Å²) >= 11 is 1.13. The number of aromatic carboxylic acids is 1. The summed E-state index contributed by atoms with van der Waals surface area (Å²) in [4.78, 5) is 29.2. The van der Waals surface area contributed by atoms with E-state index in [0.717, 1.165) is 37.3 Å². The molecule has 126 valence electrons. The monoisotopic (exact) mass is 328 g/mol. The first kappa shape index (κ1) is 20.6. The van der Waals surface area contributed by atoms with Crippen molar-refractivity contribution >= 4 is 23.2 Å². The van der Waals surface area contributed by atoms with Crippen LogP contribution in [0, 0.1) is 6.92 Å². The van der Waals surface area contributed by atoms with Crippen LogP contribution in [0.25, 0.3) is 0 Å². The molecule has 1 aromatic heterocycles. The first-order chi connectivity index (χ1) is 10.6. The maximum Gasteiger partial charge on any atom is 0.347 e. The minimum atomic E-state index is -0.998. The fourth-order valence-corrected chi connectivity index (χ4v) is 2.93. The highest BCUT2D eigenvalue weighted by atomic mass is 32.1. The average molecular weight is 328 g/mol. The van der Waals surface area contributed by atoms with Gasteiger partial charge in [-0.3, -0.25) is 4.79 Å². The topological polar surface area (TPSA) is 70.5 Å². The predicted octanol–water partition coefficient (Wildman–Crippen LogP) is 3.76. The molecular formula is C16H28N2O3S. The number of amides is 1. The SMILES string of the molecule is CC.CC.Cc1nc(CC(=O)N2CCCCC2)c(C(=O)O)s1. The number of aryl methyl sites for hydroxylation is 1. The van der Waals surface area contributed by atoms with Gasteiger partial charge in [-0.2, -0.15) is 0 Å². The molecule has 1 aromatic rings. The van der Waals surface area contributed by atoms with Crippen molar-refractivity contribution in [2.75, 3.05) is 13.1 Å². The quantitative estimate of drug-likeness (QED) is 0.917. The number of carboxylic acid groups (broad SMARTS) is 1. The van der Waals surface area contributed by atoms with Crippen molar-refractivity contribution in [3.8, 4) is 0 Å². The van der Waals surface area contributed by atoms with E-state index in [1.165, 1.54) is 6.42 Å². The molecule has 1 amide bonds. The third-order valence-electron chi connectivity index (χ3n) is 3.03. The second kappa shape index (κ2) is 11.2. The highest BCUT2D eigenvalue weighted by Gasteiger charge is 2.22. The van der Waals surface area contributed by atoms with Gasteiger partial charge in [0.1, 0.15) is 4.88 Å². The average Bonchev–Trinajstić information content (AvgIpc) is 2.93. The molecule has 2 rings (SSSR count). The van der Waals surface area contributed by atoms with E-state index in [9.17, 15) is 9.59 Å². The zero-order valence-electron chi connectivity index (χ0n) is 14.3. The molecule has 6 heteroatoms. The highest BCUT2D eigenvalue weighted by Crippen LogP contribution is 2.20. The fraction of sp³-hybridized carbons (Fsp3) is 0.688. The van der Waals surface area contributed by atoms with Crippen molar-refractivity contribution in [3.63, 3.8) is 0 Å². The van der Waals surface area contributed by atoms with Gasteiger partial charge < -0.3 is 10.0 Å². The van der Waals surface area contributed by atoms with Crippen LogP contribution in [0.15, 0.2) is 0 Å². The number of aromatic nitrogens is 1. The summed E-state index contributed by atoms with van der Waals surface area (Å²) < 4.78 is 0. The smallest absolute Gasteiger partial charge is 0.347 e. The molecule has 1 N–H and O–H groups in total. The van der Waals surface area contributed by atoms with Crippen LogP contribution in [0.3, 0.4) is 0 Å². The number of carbonyl (C=O) groups is 2. The molecule has 0 spiro atoms. The Morgan fingerprint density at radius 2 is 1.68 bits per heavy atom. The van der Waals surface area contributed by atoms with Crippen molar-refractivity contribution in [1.82, 2.24) is 9.88 Å². The van der Waals surface area contributed by atoms with E-state index in [0.29, 0.717) is 10.7 Å². The van der Waals surface area contributed by atoms with Gasteiger partial charge in [0.25, 0.3) is 0 Å². The second-order valence-electron chi connectivity index (χ2n) is 4.43. The third-order valence-corrected chi connectivity index (χ3v) is 4.03. The number of nitrogens with zero attached hydrogens (tertiary/aromatic N) is 2. The second-order valence-corrected chi connectivity index (χ2v) is 5.64. The van der Waals surface area contributed by atoms with Crippen molar-refractivity contribution in [2.24, 2.45) is 0 Å². The maximum atomic E-state index is 12.0. The van der Waals surface area contributed by atoms with E-state index < -0.39 is 5.97 Å². The number of carbonyl (C=O) groups excluding carboxylic acids is 1. The van der Waals surface area contributed by atoms with E-state index in [2.05, 4.69) is 4.98 Å². The molecule has 0 aromatic carbocycles. The molecule has 0 unspecified atom stereocenters. The van der Waals surface area contributed by atoms with Gasteiger partial charge in [-0.15, -0.1) is 11.3 Å². The number of piperidine rings is 1. The zero-order chi connectivity index (χ0) is 17.1. The Morgan fingerprint density at radius 3 is 2.18 bits per heavy atom. The van der Waals surface area contributed by atoms with E-state index in [4.69, 9.17) is 5.11 Å². The Kier molecular flexibility index (Phi) is 10.5. The van der Waals surface area contributed by atoms with E-state index in [1.807, 2.05) is 32.6 Å². The van der Waals surface area contributed by atoms with Gasteiger partial charge in [-0.25, -0.2) is 9.78 Å². The molecule has 0 saturated carbocycles. The van der Waals surface area contributed by atoms with E-state index >= 15 is 0 Å². The van der Waals surface area contributed by atoms with Crippen molar-refractivity contribution < 1.29 is 14.7 Å². The summed E-state index contributed by atoms with van der Waals surface area (Å²) in [7, 11) is 0. The molecule has 0 radical (unpaired) electrons.